The van der Waals surface area contributed by atoms with E-state index in [0.29, 0.717) is 11.8 Å². The van der Waals surface area contributed by atoms with Crippen molar-refractivity contribution < 1.29 is 8.83 Å². The molecule has 2 heterocycles. The quantitative estimate of drug-likeness (QED) is 0.137. The van der Waals surface area contributed by atoms with Gasteiger partial charge in [0.2, 0.25) is 0 Å². The van der Waals surface area contributed by atoms with E-state index in [9.17, 15) is 0 Å². The highest BCUT2D eigenvalue weighted by atomic mass is 16.4. The number of anilines is 6. The number of hydrogen-bond acceptors (Lipinski definition) is 4. The van der Waals surface area contributed by atoms with Gasteiger partial charge in [-0.15, -0.1) is 0 Å². The summed E-state index contributed by atoms with van der Waals surface area (Å²) in [4.78, 5) is 4.81. The van der Waals surface area contributed by atoms with Crippen LogP contribution in [0.1, 0.15) is 84.0 Å². The molecule has 0 aliphatic heterocycles. The fourth-order valence-corrected chi connectivity index (χ4v) is 12.0. The summed E-state index contributed by atoms with van der Waals surface area (Å²) in [5.41, 5.74) is 24.7. The maximum atomic E-state index is 7.30. The van der Waals surface area contributed by atoms with Gasteiger partial charge < -0.3 is 18.6 Å². The molecule has 0 bridgehead atoms. The Kier molecular flexibility index (Phi) is 11.9. The molecule has 4 nitrogen and oxygen atoms in total. The van der Waals surface area contributed by atoms with E-state index in [4.69, 9.17) is 8.83 Å². The Hall–Kier alpha value is -8.86. The first-order chi connectivity index (χ1) is 37.8. The average molecular weight is 1010 g/mol. The van der Waals surface area contributed by atoms with Crippen LogP contribution < -0.4 is 9.80 Å². The summed E-state index contributed by atoms with van der Waals surface area (Å²) in [6, 6.07) is 71.8. The number of fused-ring (bicyclic) bond motifs is 9. The zero-order valence-corrected chi connectivity index (χ0v) is 46.3. The van der Waals surface area contributed by atoms with Gasteiger partial charge in [-0.2, -0.15) is 0 Å². The maximum absolute atomic E-state index is 7.30. The topological polar surface area (TPSA) is 32.8 Å². The van der Waals surface area contributed by atoms with E-state index in [0.717, 1.165) is 122 Å². The number of benzene rings is 11. The Labute approximate surface area is 457 Å². The summed E-state index contributed by atoms with van der Waals surface area (Å²) in [7, 11) is 0. The van der Waals surface area contributed by atoms with Crippen LogP contribution in [0.3, 0.4) is 0 Å². The predicted molar refractivity (Wildman–Crippen MR) is 333 cm³/mol. The molecule has 78 heavy (non-hydrogen) atoms. The van der Waals surface area contributed by atoms with Crippen molar-refractivity contribution in [1.29, 1.82) is 0 Å². The van der Waals surface area contributed by atoms with Crippen molar-refractivity contribution in [1.82, 2.24) is 0 Å². The van der Waals surface area contributed by atoms with E-state index in [1.54, 1.807) is 0 Å². The third kappa shape index (κ3) is 8.21. The lowest BCUT2D eigenvalue weighted by molar-refractivity contribution is 0.634. The van der Waals surface area contributed by atoms with Gasteiger partial charge in [0, 0.05) is 66.8 Å². The van der Waals surface area contributed by atoms with E-state index in [1.165, 1.54) is 44.5 Å². The third-order valence-electron chi connectivity index (χ3n) is 16.8. The van der Waals surface area contributed by atoms with Crippen molar-refractivity contribution in [2.75, 3.05) is 9.80 Å². The molecule has 0 atom stereocenters. The Bertz CT molecular complexity index is 4180. The SMILES string of the molecule is Cc1cc(N(c2cccc(C(C)C)c2)c2ccc3cc4c(cc3c2)oc2c3oc5cc6cc(N(c7cccc(C(C)C)c7)c7cc(C)c(C)c(C)c7)ccc6cc5c3c(-c3ccccc3)c(-c3ccccc3)c42)cc(C)c1C. The zero-order chi connectivity index (χ0) is 53.7. The minimum atomic E-state index is 0.395. The predicted octanol–water partition coefficient (Wildman–Crippen LogP) is 22.2. The van der Waals surface area contributed by atoms with E-state index in [1.807, 2.05) is 0 Å². The van der Waals surface area contributed by atoms with E-state index in [2.05, 4.69) is 273 Å². The zero-order valence-electron chi connectivity index (χ0n) is 46.3. The molecule has 13 aromatic rings. The first kappa shape index (κ1) is 48.8. The average Bonchev–Trinajstić information content (AvgIpc) is 4.00. The lowest BCUT2D eigenvalue weighted by Crippen LogP contribution is -2.11. The maximum Gasteiger partial charge on any atom is 0.179 e. The summed E-state index contributed by atoms with van der Waals surface area (Å²) in [5.74, 6) is 0.791. The highest BCUT2D eigenvalue weighted by molar-refractivity contribution is 6.31. The molecule has 0 aliphatic carbocycles. The highest BCUT2D eigenvalue weighted by Gasteiger charge is 2.28. The minimum absolute atomic E-state index is 0.395. The molecule has 0 saturated heterocycles. The standard InChI is InChI=1S/C74H64N2O2/c1-43(2)53-23-17-25-59(35-53)75(63-31-45(5)49(9)46(6)32-63)61-29-27-55-39-65-67(41-57(55)37-61)77-73-71(65)69(51-19-13-11-14-20-51)70(52-21-15-12-16-22-52)72-66-40-56-28-30-62(38-58(56)42-68(66)78-74(72)73)76(60-26-18-24-54(36-60)44(3)4)64-33-47(7)50(10)48(8)34-64/h11-44H,1-10H3. The second-order valence-electron chi connectivity index (χ2n) is 22.4. The van der Waals surface area contributed by atoms with E-state index < -0.39 is 0 Å². The molecule has 0 fully saturated rings. The summed E-state index contributed by atoms with van der Waals surface area (Å²) in [5, 5.41) is 8.64. The van der Waals surface area contributed by atoms with Crippen molar-refractivity contribution >= 4 is 99.5 Å². The summed E-state index contributed by atoms with van der Waals surface area (Å²) >= 11 is 0. The van der Waals surface area contributed by atoms with Crippen LogP contribution >= 0.6 is 0 Å². The summed E-state index contributed by atoms with van der Waals surface area (Å²) < 4.78 is 14.6. The molecule has 0 aliphatic rings. The molecule has 0 saturated carbocycles. The fraction of sp³-hybridized carbons (Fsp3) is 0.162. The highest BCUT2D eigenvalue weighted by Crippen LogP contribution is 2.52. The Morgan fingerprint density at radius 2 is 0.692 bits per heavy atom. The van der Waals surface area contributed by atoms with Crippen LogP contribution in [0.2, 0.25) is 0 Å². The fourth-order valence-electron chi connectivity index (χ4n) is 12.0. The summed E-state index contributed by atoms with van der Waals surface area (Å²) in [6.45, 7) is 22.3. The Balaban J connectivity index is 1.05. The molecule has 0 N–H and O–H groups in total. The van der Waals surface area contributed by atoms with Gasteiger partial charge in [0.1, 0.15) is 11.2 Å². The van der Waals surface area contributed by atoms with Crippen LogP contribution in [0.25, 0.3) is 87.7 Å². The number of hydrogen-bond donors (Lipinski definition) is 0. The summed E-state index contributed by atoms with van der Waals surface area (Å²) in [6.07, 6.45) is 0. The molecule has 4 heteroatoms. The molecule has 11 aromatic carbocycles. The van der Waals surface area contributed by atoms with Gasteiger partial charge in [-0.25, -0.2) is 0 Å². The third-order valence-corrected chi connectivity index (χ3v) is 16.8. The molecule has 13 rings (SSSR count). The van der Waals surface area contributed by atoms with Crippen LogP contribution in [-0.2, 0) is 0 Å². The van der Waals surface area contributed by atoms with Gasteiger partial charge in [-0.1, -0.05) is 125 Å². The van der Waals surface area contributed by atoms with Gasteiger partial charge in [-0.05, 0) is 228 Å². The van der Waals surface area contributed by atoms with Crippen molar-refractivity contribution in [3.63, 3.8) is 0 Å². The Morgan fingerprint density at radius 3 is 1.06 bits per heavy atom. The minimum Gasteiger partial charge on any atom is -0.452 e. The van der Waals surface area contributed by atoms with E-state index in [-0.39, 0.29) is 0 Å². The van der Waals surface area contributed by atoms with Gasteiger partial charge in [-0.3, -0.25) is 0 Å². The van der Waals surface area contributed by atoms with Gasteiger partial charge >= 0.3 is 0 Å². The van der Waals surface area contributed by atoms with Crippen molar-refractivity contribution in [3.8, 4) is 22.3 Å². The van der Waals surface area contributed by atoms with Gasteiger partial charge in [0.05, 0.1) is 0 Å². The molecule has 382 valence electrons. The van der Waals surface area contributed by atoms with Gasteiger partial charge in [0.15, 0.2) is 11.2 Å². The normalized spacial score (nSPS) is 11.9. The Morgan fingerprint density at radius 1 is 0.321 bits per heavy atom. The van der Waals surface area contributed by atoms with Crippen molar-refractivity contribution in [3.05, 3.63) is 239 Å². The van der Waals surface area contributed by atoms with Crippen LogP contribution in [0.4, 0.5) is 34.1 Å². The largest absolute Gasteiger partial charge is 0.452 e. The molecule has 2 aromatic heterocycles. The van der Waals surface area contributed by atoms with Crippen LogP contribution in [-0.4, -0.2) is 0 Å². The van der Waals surface area contributed by atoms with E-state index >= 15 is 0 Å². The lowest BCUT2D eigenvalue weighted by Gasteiger charge is -2.28. The number of nitrogens with zero attached hydrogens (tertiary/aromatic N) is 2. The van der Waals surface area contributed by atoms with Crippen LogP contribution in [0, 0.1) is 41.5 Å². The van der Waals surface area contributed by atoms with Crippen molar-refractivity contribution in [2.45, 2.75) is 81.1 Å². The monoisotopic (exact) mass is 1010 g/mol. The van der Waals surface area contributed by atoms with Crippen molar-refractivity contribution in [2.24, 2.45) is 0 Å². The van der Waals surface area contributed by atoms with Crippen LogP contribution in [0.15, 0.2) is 203 Å². The number of rotatable bonds is 10. The number of aryl methyl sites for hydroxylation is 4. The second-order valence-corrected chi connectivity index (χ2v) is 22.4. The molecule has 0 amide bonds. The molecular formula is C74H64N2O2. The number of furan rings is 2. The first-order valence-corrected chi connectivity index (χ1v) is 27.6. The molecule has 0 radical (unpaired) electrons. The second kappa shape index (κ2) is 19.0. The first-order valence-electron chi connectivity index (χ1n) is 27.6. The smallest absolute Gasteiger partial charge is 0.179 e. The van der Waals surface area contributed by atoms with Crippen LogP contribution in [0.5, 0.6) is 0 Å². The molecule has 0 spiro atoms. The van der Waals surface area contributed by atoms with Gasteiger partial charge in [0.25, 0.3) is 0 Å². The lowest BCUT2D eigenvalue weighted by atomic mass is 9.87. The molecule has 0 unspecified atom stereocenters. The molecular weight excluding hydrogens is 949 g/mol.